The van der Waals surface area contributed by atoms with E-state index < -0.39 is 0 Å². The van der Waals surface area contributed by atoms with E-state index in [9.17, 15) is 0 Å². The number of benzene rings is 2. The maximum atomic E-state index is 6.16. The van der Waals surface area contributed by atoms with Gasteiger partial charge in [0.15, 0.2) is 5.96 Å². The third kappa shape index (κ3) is 5.08. The highest BCUT2D eigenvalue weighted by atomic mass is 16.5. The van der Waals surface area contributed by atoms with Gasteiger partial charge >= 0.3 is 0 Å². The van der Waals surface area contributed by atoms with Crippen molar-refractivity contribution in [3.8, 4) is 0 Å². The van der Waals surface area contributed by atoms with Crippen molar-refractivity contribution in [2.45, 2.75) is 39.0 Å². The summed E-state index contributed by atoms with van der Waals surface area (Å²) in [4.78, 5) is 7.15. The molecule has 0 aromatic heterocycles. The predicted octanol–water partition coefficient (Wildman–Crippen LogP) is 3.40. The van der Waals surface area contributed by atoms with Crippen molar-refractivity contribution in [3.05, 3.63) is 65.2 Å². The van der Waals surface area contributed by atoms with Crippen LogP contribution in [0.5, 0.6) is 0 Å². The molecule has 1 aliphatic rings. The first-order valence-corrected chi connectivity index (χ1v) is 9.66. The molecule has 0 bridgehead atoms. The predicted molar refractivity (Wildman–Crippen MR) is 112 cm³/mol. The fourth-order valence-corrected chi connectivity index (χ4v) is 3.64. The van der Waals surface area contributed by atoms with Gasteiger partial charge in [-0.15, -0.1) is 0 Å². The Balaban J connectivity index is 1.62. The van der Waals surface area contributed by atoms with Gasteiger partial charge in [0, 0.05) is 37.5 Å². The van der Waals surface area contributed by atoms with Crippen molar-refractivity contribution in [1.29, 1.82) is 0 Å². The molecule has 0 radical (unpaired) electrons. The molecule has 1 aliphatic heterocycles. The van der Waals surface area contributed by atoms with Crippen LogP contribution in [0.25, 0.3) is 0 Å². The summed E-state index contributed by atoms with van der Waals surface area (Å²) in [7, 11) is 1.69. The maximum Gasteiger partial charge on any atom is 0.193 e. The molecular weight excluding hydrogens is 336 g/mol. The van der Waals surface area contributed by atoms with Crippen molar-refractivity contribution in [2.75, 3.05) is 25.5 Å². The van der Waals surface area contributed by atoms with Crippen LogP contribution in [0.2, 0.25) is 0 Å². The maximum absolute atomic E-state index is 6.16. The number of methoxy groups -OCH3 is 1. The summed E-state index contributed by atoms with van der Waals surface area (Å²) >= 11 is 0. The van der Waals surface area contributed by atoms with E-state index in [-0.39, 0.29) is 0 Å². The first-order valence-electron chi connectivity index (χ1n) is 9.66. The molecule has 27 heavy (non-hydrogen) atoms. The number of aliphatic imine (C=N–C) groups is 1. The third-order valence-corrected chi connectivity index (χ3v) is 5.20. The second-order valence-electron chi connectivity index (χ2n) is 6.99. The van der Waals surface area contributed by atoms with E-state index in [1.54, 1.807) is 7.11 Å². The Morgan fingerprint density at radius 1 is 1.19 bits per heavy atom. The van der Waals surface area contributed by atoms with Gasteiger partial charge in [0.1, 0.15) is 0 Å². The molecule has 5 heteroatoms. The third-order valence-electron chi connectivity index (χ3n) is 5.20. The first kappa shape index (κ1) is 19.4. The Bertz CT molecular complexity index is 774. The van der Waals surface area contributed by atoms with Gasteiger partial charge in [-0.1, -0.05) is 49.4 Å². The van der Waals surface area contributed by atoms with Gasteiger partial charge in [-0.25, -0.2) is 0 Å². The molecule has 0 aliphatic carbocycles. The fraction of sp³-hybridized carbons (Fsp3) is 0.409. The summed E-state index contributed by atoms with van der Waals surface area (Å²) in [6.45, 7) is 5.53. The Morgan fingerprint density at radius 3 is 2.70 bits per heavy atom. The largest absolute Gasteiger partial charge is 0.380 e. The molecule has 144 valence electrons. The number of nitrogens with zero attached hydrogens (tertiary/aromatic N) is 2. The second kappa shape index (κ2) is 9.53. The van der Waals surface area contributed by atoms with Gasteiger partial charge in [-0.05, 0) is 30.0 Å². The smallest absolute Gasteiger partial charge is 0.193 e. The van der Waals surface area contributed by atoms with Crippen molar-refractivity contribution in [1.82, 2.24) is 4.90 Å². The lowest BCUT2D eigenvalue weighted by molar-refractivity contribution is 0.178. The Labute approximate surface area is 162 Å². The van der Waals surface area contributed by atoms with Gasteiger partial charge in [0.05, 0.1) is 13.2 Å². The molecule has 0 amide bonds. The Kier molecular flexibility index (Phi) is 6.85. The zero-order valence-corrected chi connectivity index (χ0v) is 16.3. The number of ether oxygens (including phenoxy) is 1. The first-order chi connectivity index (χ1) is 13.2. The van der Waals surface area contributed by atoms with E-state index in [1.807, 2.05) is 24.3 Å². The molecule has 2 aromatic carbocycles. The molecule has 0 saturated carbocycles. The molecule has 1 heterocycles. The summed E-state index contributed by atoms with van der Waals surface area (Å²) in [6, 6.07) is 17.1. The van der Waals surface area contributed by atoms with Crippen LogP contribution in [0.3, 0.4) is 0 Å². The van der Waals surface area contributed by atoms with E-state index in [0.717, 1.165) is 37.2 Å². The standard InChI is InChI=1S/C22H30N4O/c1-3-20(26-13-12-17-8-4-5-9-18(17)15-26)14-24-22(23)25-21-11-7-6-10-19(21)16-27-2/h4-11,20H,3,12-16H2,1-2H3,(H3,23,24,25). The number of nitrogens with one attached hydrogen (secondary N) is 1. The van der Waals surface area contributed by atoms with Gasteiger partial charge in [-0.2, -0.15) is 0 Å². The lowest BCUT2D eigenvalue weighted by atomic mass is 9.98. The number of nitrogens with two attached hydrogens (primary N) is 1. The number of fused-ring (bicyclic) bond motifs is 1. The zero-order valence-electron chi connectivity index (χ0n) is 16.3. The van der Waals surface area contributed by atoms with Crippen molar-refractivity contribution < 1.29 is 4.74 Å². The number of anilines is 1. The molecule has 0 saturated heterocycles. The average Bonchev–Trinajstić information content (AvgIpc) is 2.70. The van der Waals surface area contributed by atoms with Crippen LogP contribution in [0.1, 0.15) is 30.0 Å². The Hall–Kier alpha value is -2.37. The highest BCUT2D eigenvalue weighted by molar-refractivity contribution is 5.93. The molecule has 3 N–H and O–H groups in total. The molecule has 1 atom stereocenters. The molecule has 3 rings (SSSR count). The summed E-state index contributed by atoms with van der Waals surface area (Å²) in [5.41, 5.74) is 11.1. The van der Waals surface area contributed by atoms with Crippen LogP contribution in [-0.2, 0) is 24.3 Å². The molecule has 5 nitrogen and oxygen atoms in total. The number of guanidine groups is 1. The van der Waals surface area contributed by atoms with Crippen LogP contribution in [-0.4, -0.2) is 37.1 Å². The van der Waals surface area contributed by atoms with Crippen LogP contribution in [0.15, 0.2) is 53.5 Å². The summed E-state index contributed by atoms with van der Waals surface area (Å²) in [5, 5.41) is 3.22. The van der Waals surface area contributed by atoms with Gasteiger partial charge < -0.3 is 15.8 Å². The summed E-state index contributed by atoms with van der Waals surface area (Å²) < 4.78 is 5.25. The SMILES string of the molecule is CCC(CN=C(N)Nc1ccccc1COC)N1CCc2ccccc2C1. The minimum atomic E-state index is 0.396. The summed E-state index contributed by atoms with van der Waals surface area (Å²) in [5.74, 6) is 0.453. The lowest BCUT2D eigenvalue weighted by Gasteiger charge is -2.34. The molecule has 1 unspecified atom stereocenters. The number of para-hydroxylation sites is 1. The van der Waals surface area contributed by atoms with Crippen molar-refractivity contribution in [2.24, 2.45) is 10.7 Å². The summed E-state index contributed by atoms with van der Waals surface area (Å²) in [6.07, 6.45) is 2.16. The minimum absolute atomic E-state index is 0.396. The van der Waals surface area contributed by atoms with Crippen LogP contribution >= 0.6 is 0 Å². The van der Waals surface area contributed by atoms with Gasteiger partial charge in [-0.3, -0.25) is 9.89 Å². The van der Waals surface area contributed by atoms with E-state index in [0.29, 0.717) is 25.2 Å². The fourth-order valence-electron chi connectivity index (χ4n) is 3.64. The Morgan fingerprint density at radius 2 is 1.93 bits per heavy atom. The molecule has 0 spiro atoms. The van der Waals surface area contributed by atoms with Crippen molar-refractivity contribution in [3.63, 3.8) is 0 Å². The second-order valence-corrected chi connectivity index (χ2v) is 6.99. The molecule has 2 aromatic rings. The van der Waals surface area contributed by atoms with Gasteiger partial charge in [0.2, 0.25) is 0 Å². The van der Waals surface area contributed by atoms with Gasteiger partial charge in [0.25, 0.3) is 0 Å². The number of rotatable bonds is 7. The lowest BCUT2D eigenvalue weighted by Crippen LogP contribution is -2.41. The van der Waals surface area contributed by atoms with E-state index in [4.69, 9.17) is 10.5 Å². The minimum Gasteiger partial charge on any atom is -0.380 e. The van der Waals surface area contributed by atoms with Crippen molar-refractivity contribution >= 4 is 11.6 Å². The monoisotopic (exact) mass is 366 g/mol. The van der Waals surface area contributed by atoms with E-state index in [1.165, 1.54) is 11.1 Å². The normalized spacial score (nSPS) is 16.0. The zero-order chi connectivity index (χ0) is 19.1. The highest BCUT2D eigenvalue weighted by Crippen LogP contribution is 2.21. The van der Waals surface area contributed by atoms with Crippen LogP contribution in [0, 0.1) is 0 Å². The van der Waals surface area contributed by atoms with Crippen LogP contribution in [0.4, 0.5) is 5.69 Å². The van der Waals surface area contributed by atoms with Crippen LogP contribution < -0.4 is 11.1 Å². The number of hydrogen-bond donors (Lipinski definition) is 2. The van der Waals surface area contributed by atoms with E-state index in [2.05, 4.69) is 46.4 Å². The molecule has 0 fully saturated rings. The average molecular weight is 367 g/mol. The van der Waals surface area contributed by atoms with E-state index >= 15 is 0 Å². The molecular formula is C22H30N4O. The number of hydrogen-bond acceptors (Lipinski definition) is 3. The highest BCUT2D eigenvalue weighted by Gasteiger charge is 2.22. The topological polar surface area (TPSA) is 62.9 Å². The quantitative estimate of drug-likeness (QED) is 0.582.